The molecule has 1 aromatic carbocycles. The second-order valence-electron chi connectivity index (χ2n) is 4.27. The number of hydrogen-bond acceptors (Lipinski definition) is 3. The minimum Gasteiger partial charge on any atom is -0.345 e. The highest BCUT2D eigenvalue weighted by atomic mass is 19.4. The van der Waals surface area contributed by atoms with Crippen molar-refractivity contribution in [1.82, 2.24) is 15.1 Å². The van der Waals surface area contributed by atoms with Gasteiger partial charge in [0, 0.05) is 0 Å². The molecular formula is C12H10F3N3O3. The lowest BCUT2D eigenvalue weighted by atomic mass is 10.2. The minimum atomic E-state index is -4.54. The van der Waals surface area contributed by atoms with Crippen LogP contribution in [0.3, 0.4) is 0 Å². The maximum absolute atomic E-state index is 12.0. The molecule has 1 aromatic heterocycles. The van der Waals surface area contributed by atoms with Gasteiger partial charge in [0.15, 0.2) is 0 Å². The summed E-state index contributed by atoms with van der Waals surface area (Å²) in [4.78, 5) is 35.1. The van der Waals surface area contributed by atoms with Crippen molar-refractivity contribution < 1.29 is 18.0 Å². The van der Waals surface area contributed by atoms with E-state index in [0.29, 0.717) is 4.68 Å². The second kappa shape index (κ2) is 5.43. The Morgan fingerprint density at radius 2 is 1.81 bits per heavy atom. The van der Waals surface area contributed by atoms with Crippen molar-refractivity contribution in [1.29, 1.82) is 0 Å². The Morgan fingerprint density at radius 3 is 2.43 bits per heavy atom. The number of H-pyrrole nitrogens is 1. The van der Waals surface area contributed by atoms with Crippen LogP contribution in [0.25, 0.3) is 10.8 Å². The van der Waals surface area contributed by atoms with E-state index in [1.165, 1.54) is 18.2 Å². The van der Waals surface area contributed by atoms with Gasteiger partial charge in [0.05, 0.1) is 10.8 Å². The van der Waals surface area contributed by atoms with Gasteiger partial charge in [0.1, 0.15) is 13.1 Å². The smallest absolute Gasteiger partial charge is 0.345 e. The van der Waals surface area contributed by atoms with Crippen molar-refractivity contribution >= 4 is 16.7 Å². The van der Waals surface area contributed by atoms with Crippen molar-refractivity contribution in [3.8, 4) is 0 Å². The Balaban J connectivity index is 2.28. The monoisotopic (exact) mass is 301 g/mol. The standard InChI is InChI=1S/C12H10F3N3O3/c13-12(14,15)6-16-9(19)5-18-11(21)8-4-2-1-3-7(8)10(20)17-18/h1-4H,5-6H2,(H,16,19)(H,17,20). The molecule has 2 aromatic rings. The highest BCUT2D eigenvalue weighted by Crippen LogP contribution is 2.12. The summed E-state index contributed by atoms with van der Waals surface area (Å²) < 4.78 is 36.6. The fraction of sp³-hybridized carbons (Fsp3) is 0.250. The van der Waals surface area contributed by atoms with E-state index in [9.17, 15) is 27.6 Å². The van der Waals surface area contributed by atoms with Gasteiger partial charge in [-0.15, -0.1) is 0 Å². The quantitative estimate of drug-likeness (QED) is 0.859. The van der Waals surface area contributed by atoms with Crippen LogP contribution in [0.5, 0.6) is 0 Å². The lowest BCUT2D eigenvalue weighted by Crippen LogP contribution is -2.40. The Kier molecular flexibility index (Phi) is 3.83. The molecule has 6 nitrogen and oxygen atoms in total. The number of amides is 1. The summed E-state index contributed by atoms with van der Waals surface area (Å²) in [5.74, 6) is -1.03. The molecule has 21 heavy (non-hydrogen) atoms. The van der Waals surface area contributed by atoms with E-state index in [0.717, 1.165) is 0 Å². The van der Waals surface area contributed by atoms with Crippen LogP contribution in [0.15, 0.2) is 33.9 Å². The van der Waals surface area contributed by atoms with Crippen LogP contribution >= 0.6 is 0 Å². The van der Waals surface area contributed by atoms with Gasteiger partial charge in [-0.2, -0.15) is 13.2 Å². The third-order valence-electron chi connectivity index (χ3n) is 2.67. The third kappa shape index (κ3) is 3.50. The zero-order valence-electron chi connectivity index (χ0n) is 10.5. The van der Waals surface area contributed by atoms with Crippen molar-refractivity contribution in [3.05, 3.63) is 45.0 Å². The molecule has 0 radical (unpaired) electrons. The number of aromatic nitrogens is 2. The maximum atomic E-state index is 12.0. The van der Waals surface area contributed by atoms with Crippen molar-refractivity contribution in [3.63, 3.8) is 0 Å². The molecule has 0 aliphatic rings. The first kappa shape index (κ1) is 14.8. The number of aromatic amines is 1. The van der Waals surface area contributed by atoms with E-state index in [1.54, 1.807) is 11.4 Å². The molecule has 0 fully saturated rings. The molecule has 0 aliphatic heterocycles. The van der Waals surface area contributed by atoms with Crippen LogP contribution < -0.4 is 16.4 Å². The van der Waals surface area contributed by atoms with E-state index < -0.39 is 36.3 Å². The van der Waals surface area contributed by atoms with Crippen LogP contribution in [-0.4, -0.2) is 28.4 Å². The Bertz CT molecular complexity index is 792. The SMILES string of the molecule is O=C(Cn1[nH]c(=O)c2ccccc2c1=O)NCC(F)(F)F. The molecular weight excluding hydrogens is 291 g/mol. The number of fused-ring (bicyclic) bond motifs is 1. The van der Waals surface area contributed by atoms with Gasteiger partial charge in [-0.05, 0) is 12.1 Å². The molecule has 1 amide bonds. The molecule has 2 N–H and O–H groups in total. The fourth-order valence-corrected chi connectivity index (χ4v) is 1.76. The van der Waals surface area contributed by atoms with Crippen LogP contribution in [0, 0.1) is 0 Å². The van der Waals surface area contributed by atoms with E-state index in [2.05, 4.69) is 5.10 Å². The molecule has 0 bridgehead atoms. The van der Waals surface area contributed by atoms with Crippen molar-refractivity contribution in [2.75, 3.05) is 6.54 Å². The largest absolute Gasteiger partial charge is 0.405 e. The first-order valence-electron chi connectivity index (χ1n) is 5.83. The van der Waals surface area contributed by atoms with Crippen LogP contribution in [0.2, 0.25) is 0 Å². The topological polar surface area (TPSA) is 84.0 Å². The molecule has 0 atom stereocenters. The van der Waals surface area contributed by atoms with Crippen molar-refractivity contribution in [2.45, 2.75) is 12.7 Å². The van der Waals surface area contributed by atoms with Crippen LogP contribution in [-0.2, 0) is 11.3 Å². The molecule has 1 heterocycles. The number of hydrogen-bond donors (Lipinski definition) is 2. The maximum Gasteiger partial charge on any atom is 0.405 e. The van der Waals surface area contributed by atoms with Crippen molar-refractivity contribution in [2.24, 2.45) is 0 Å². The van der Waals surface area contributed by atoms with Gasteiger partial charge in [-0.1, -0.05) is 12.1 Å². The zero-order valence-corrected chi connectivity index (χ0v) is 10.5. The van der Waals surface area contributed by atoms with Gasteiger partial charge in [-0.3, -0.25) is 19.5 Å². The Morgan fingerprint density at radius 1 is 1.19 bits per heavy atom. The summed E-state index contributed by atoms with van der Waals surface area (Å²) in [6, 6.07) is 5.94. The molecule has 0 spiro atoms. The van der Waals surface area contributed by atoms with E-state index in [1.807, 2.05) is 0 Å². The number of halogens is 3. The van der Waals surface area contributed by atoms with Gasteiger partial charge in [0.25, 0.3) is 11.1 Å². The van der Waals surface area contributed by atoms with Gasteiger partial charge in [-0.25, -0.2) is 4.68 Å². The number of nitrogens with zero attached hydrogens (tertiary/aromatic N) is 1. The first-order chi connectivity index (χ1) is 9.78. The molecule has 2 rings (SSSR count). The summed E-state index contributed by atoms with van der Waals surface area (Å²) in [5, 5.41) is 4.01. The van der Waals surface area contributed by atoms with E-state index in [4.69, 9.17) is 0 Å². The predicted octanol–water partition coefficient (Wildman–Crippen LogP) is 0.368. The fourth-order valence-electron chi connectivity index (χ4n) is 1.76. The Labute approximate surface area is 115 Å². The number of benzene rings is 1. The highest BCUT2D eigenvalue weighted by Gasteiger charge is 2.27. The highest BCUT2D eigenvalue weighted by molar-refractivity contribution is 5.81. The molecule has 0 saturated carbocycles. The molecule has 0 aliphatic carbocycles. The number of carbonyl (C=O) groups excluding carboxylic acids is 1. The number of alkyl halides is 3. The average Bonchev–Trinajstić information content (AvgIpc) is 2.42. The summed E-state index contributed by atoms with van der Waals surface area (Å²) in [7, 11) is 0. The molecule has 0 saturated heterocycles. The van der Waals surface area contributed by atoms with Gasteiger partial charge >= 0.3 is 6.18 Å². The summed E-state index contributed by atoms with van der Waals surface area (Å²) in [6.45, 7) is -2.20. The number of carbonyl (C=O) groups is 1. The summed E-state index contributed by atoms with van der Waals surface area (Å²) >= 11 is 0. The number of nitrogens with one attached hydrogen (secondary N) is 2. The van der Waals surface area contributed by atoms with Gasteiger partial charge in [0.2, 0.25) is 5.91 Å². The van der Waals surface area contributed by atoms with Crippen LogP contribution in [0.1, 0.15) is 0 Å². The number of rotatable bonds is 3. The van der Waals surface area contributed by atoms with E-state index in [-0.39, 0.29) is 10.8 Å². The first-order valence-corrected chi connectivity index (χ1v) is 5.83. The molecule has 0 unspecified atom stereocenters. The molecule has 112 valence electrons. The van der Waals surface area contributed by atoms with Crippen LogP contribution in [0.4, 0.5) is 13.2 Å². The normalized spacial score (nSPS) is 11.6. The average molecular weight is 301 g/mol. The van der Waals surface area contributed by atoms with Gasteiger partial charge < -0.3 is 5.32 Å². The minimum absolute atomic E-state index is 0.0878. The summed E-state index contributed by atoms with van der Waals surface area (Å²) in [6.07, 6.45) is -4.54. The second-order valence-corrected chi connectivity index (χ2v) is 4.27. The summed E-state index contributed by atoms with van der Waals surface area (Å²) in [5.41, 5.74) is -1.26. The third-order valence-corrected chi connectivity index (χ3v) is 2.67. The van der Waals surface area contributed by atoms with E-state index >= 15 is 0 Å². The zero-order chi connectivity index (χ0) is 15.6. The lowest BCUT2D eigenvalue weighted by Gasteiger charge is -2.10. The lowest BCUT2D eigenvalue weighted by molar-refractivity contribution is -0.138. The molecule has 9 heteroatoms. The Hall–Kier alpha value is -2.58. The predicted molar refractivity (Wildman–Crippen MR) is 67.9 cm³/mol.